The molecule has 0 bridgehead atoms. The Bertz CT molecular complexity index is 1780. The van der Waals surface area contributed by atoms with Crippen molar-refractivity contribution in [1.29, 1.82) is 0 Å². The summed E-state index contributed by atoms with van der Waals surface area (Å²) < 4.78 is 0.821. The first kappa shape index (κ1) is 25.3. The van der Waals surface area contributed by atoms with Crippen molar-refractivity contribution in [3.05, 3.63) is 146 Å². The molecule has 1 spiro atoms. The van der Waals surface area contributed by atoms with Gasteiger partial charge in [-0.2, -0.15) is 0 Å². The van der Waals surface area contributed by atoms with E-state index in [0.717, 1.165) is 15.7 Å². The van der Waals surface area contributed by atoms with E-state index in [9.17, 15) is 24.5 Å². The van der Waals surface area contributed by atoms with Crippen LogP contribution in [0.3, 0.4) is 0 Å². The highest BCUT2D eigenvalue weighted by atomic mass is 79.9. The molecule has 1 unspecified atom stereocenters. The molecule has 0 N–H and O–H groups in total. The maximum atomic E-state index is 14.6. The van der Waals surface area contributed by atoms with E-state index < -0.39 is 28.3 Å². The normalized spacial score (nSPS) is 21.5. The average Bonchev–Trinajstić information content (AvgIpc) is 3.43. The number of fused-ring (bicyclic) bond motifs is 5. The van der Waals surface area contributed by atoms with Crippen LogP contribution in [0.5, 0.6) is 0 Å². The summed E-state index contributed by atoms with van der Waals surface area (Å²) in [6.45, 7) is 0. The standard InChI is InChI=1S/C33H21BrN2O5/c34-22-14-9-20(10-15-22)28-29(30(37)21-11-16-23(17-12-21)36(40)41)35-26-8-4-1-5-19(26)13-18-27(35)33(28)31(38)24-6-2-3-7-25(24)32(33)39/h1-18,27-29H/t27?,28-,29+/m1/s1. The predicted octanol–water partition coefficient (Wildman–Crippen LogP) is 6.67. The summed E-state index contributed by atoms with van der Waals surface area (Å²) in [5.41, 5.74) is 1.55. The second-order valence-electron chi connectivity index (χ2n) is 10.5. The van der Waals surface area contributed by atoms with Gasteiger partial charge in [-0.05, 0) is 41.5 Å². The largest absolute Gasteiger partial charge is 0.352 e. The molecule has 7 rings (SSSR count). The first-order chi connectivity index (χ1) is 19.8. The van der Waals surface area contributed by atoms with Crippen LogP contribution in [0.4, 0.5) is 11.4 Å². The van der Waals surface area contributed by atoms with Crippen molar-refractivity contribution in [1.82, 2.24) is 0 Å². The number of carbonyl (C=O) groups is 3. The second-order valence-corrected chi connectivity index (χ2v) is 11.4. The number of nitrogens with zero attached hydrogens (tertiary/aromatic N) is 2. The summed E-state index contributed by atoms with van der Waals surface area (Å²) in [4.78, 5) is 56.5. The first-order valence-corrected chi connectivity index (χ1v) is 13.9. The molecule has 4 aromatic rings. The predicted molar refractivity (Wildman–Crippen MR) is 157 cm³/mol. The van der Waals surface area contributed by atoms with Gasteiger partial charge in [-0.1, -0.05) is 82.7 Å². The molecular weight excluding hydrogens is 584 g/mol. The highest BCUT2D eigenvalue weighted by Crippen LogP contribution is 2.61. The summed E-state index contributed by atoms with van der Waals surface area (Å²) in [6.07, 6.45) is 3.79. The Hall–Kier alpha value is -4.69. The number of hydrogen-bond acceptors (Lipinski definition) is 6. The Labute approximate surface area is 243 Å². The van der Waals surface area contributed by atoms with Crippen molar-refractivity contribution >= 4 is 50.7 Å². The third kappa shape index (κ3) is 3.47. The van der Waals surface area contributed by atoms with Crippen molar-refractivity contribution in [3.63, 3.8) is 0 Å². The fraction of sp³-hybridized carbons (Fsp3) is 0.121. The number of para-hydroxylation sites is 1. The maximum Gasteiger partial charge on any atom is 0.269 e. The van der Waals surface area contributed by atoms with E-state index in [2.05, 4.69) is 15.9 Å². The molecule has 8 heteroatoms. The van der Waals surface area contributed by atoms with Crippen LogP contribution < -0.4 is 4.90 Å². The molecule has 3 atom stereocenters. The molecular formula is C33H21BrN2O5. The number of ketones is 3. The molecule has 2 aliphatic heterocycles. The zero-order valence-corrected chi connectivity index (χ0v) is 23.0. The van der Waals surface area contributed by atoms with E-state index in [1.807, 2.05) is 65.6 Å². The molecule has 4 aromatic carbocycles. The maximum absolute atomic E-state index is 14.6. The quantitative estimate of drug-likeness (QED) is 0.112. The molecule has 7 nitrogen and oxygen atoms in total. The Morgan fingerprint density at radius 3 is 2.07 bits per heavy atom. The molecule has 200 valence electrons. The van der Waals surface area contributed by atoms with Gasteiger partial charge in [-0.25, -0.2) is 0 Å². The number of Topliss-reactive ketones (excluding diaryl/α,β-unsaturated/α-hetero) is 3. The monoisotopic (exact) mass is 604 g/mol. The lowest BCUT2D eigenvalue weighted by Crippen LogP contribution is -2.48. The smallest absolute Gasteiger partial charge is 0.269 e. The van der Waals surface area contributed by atoms with Crippen LogP contribution in [0.2, 0.25) is 0 Å². The number of benzene rings is 4. The van der Waals surface area contributed by atoms with E-state index in [0.29, 0.717) is 16.7 Å². The van der Waals surface area contributed by atoms with Crippen LogP contribution in [0.1, 0.15) is 48.1 Å². The van der Waals surface area contributed by atoms with Crippen molar-refractivity contribution in [2.24, 2.45) is 5.41 Å². The van der Waals surface area contributed by atoms with Gasteiger partial charge in [-0.3, -0.25) is 24.5 Å². The first-order valence-electron chi connectivity index (χ1n) is 13.1. The molecule has 1 aliphatic carbocycles. The van der Waals surface area contributed by atoms with Crippen molar-refractivity contribution in [3.8, 4) is 0 Å². The highest BCUT2D eigenvalue weighted by molar-refractivity contribution is 9.10. The summed E-state index contributed by atoms with van der Waals surface area (Å²) in [7, 11) is 0. The van der Waals surface area contributed by atoms with E-state index in [1.165, 1.54) is 24.3 Å². The third-order valence-electron chi connectivity index (χ3n) is 8.57. The number of rotatable bonds is 4. The number of nitro groups is 1. The summed E-state index contributed by atoms with van der Waals surface area (Å²) in [5.74, 6) is -1.77. The Morgan fingerprint density at radius 2 is 1.44 bits per heavy atom. The number of non-ortho nitro benzene ring substituents is 1. The summed E-state index contributed by atoms with van der Waals surface area (Å²) >= 11 is 3.48. The SMILES string of the molecule is O=C(c1ccc([N+](=O)[O-])cc1)[C@@H]1[C@@H](c2ccc(Br)cc2)C2(C(=O)c3ccccc3C2=O)C2C=Cc3ccccc3N21. The molecule has 41 heavy (non-hydrogen) atoms. The lowest BCUT2D eigenvalue weighted by atomic mass is 9.64. The molecule has 0 amide bonds. The van der Waals surface area contributed by atoms with Crippen molar-refractivity contribution < 1.29 is 19.3 Å². The van der Waals surface area contributed by atoms with Crippen molar-refractivity contribution in [2.45, 2.75) is 18.0 Å². The Kier molecular flexibility index (Phi) is 5.66. The third-order valence-corrected chi connectivity index (χ3v) is 9.10. The van der Waals surface area contributed by atoms with Crippen LogP contribution in [0.15, 0.2) is 108 Å². The molecule has 0 radical (unpaired) electrons. The number of halogens is 1. The fourth-order valence-electron chi connectivity index (χ4n) is 6.88. The van der Waals surface area contributed by atoms with Crippen LogP contribution in [0.25, 0.3) is 6.08 Å². The number of hydrogen-bond donors (Lipinski definition) is 0. The minimum Gasteiger partial charge on any atom is -0.352 e. The van der Waals surface area contributed by atoms with Crippen LogP contribution in [-0.4, -0.2) is 34.4 Å². The summed E-state index contributed by atoms with van der Waals surface area (Å²) in [6, 6.07) is 25.6. The van der Waals surface area contributed by atoms with Crippen LogP contribution >= 0.6 is 15.9 Å². The van der Waals surface area contributed by atoms with Crippen molar-refractivity contribution in [2.75, 3.05) is 4.90 Å². The minimum absolute atomic E-state index is 0.130. The molecule has 0 saturated carbocycles. The zero-order chi connectivity index (χ0) is 28.5. The fourth-order valence-corrected chi connectivity index (χ4v) is 7.14. The van der Waals surface area contributed by atoms with Gasteiger partial charge in [0.1, 0.15) is 11.5 Å². The minimum atomic E-state index is -1.59. The number of anilines is 1. The van der Waals surface area contributed by atoms with E-state index in [1.54, 1.807) is 24.3 Å². The zero-order valence-electron chi connectivity index (χ0n) is 21.4. The van der Waals surface area contributed by atoms with E-state index >= 15 is 0 Å². The van der Waals surface area contributed by atoms with Gasteiger partial charge in [0.25, 0.3) is 5.69 Å². The Balaban J connectivity index is 1.52. The van der Waals surface area contributed by atoms with Gasteiger partial charge in [0.15, 0.2) is 17.3 Å². The summed E-state index contributed by atoms with van der Waals surface area (Å²) in [5, 5.41) is 11.3. The second kappa shape index (κ2) is 9.17. The van der Waals surface area contributed by atoms with Crippen LogP contribution in [-0.2, 0) is 0 Å². The highest BCUT2D eigenvalue weighted by Gasteiger charge is 2.71. The number of carbonyl (C=O) groups excluding carboxylic acids is 3. The lowest BCUT2D eigenvalue weighted by Gasteiger charge is -2.37. The van der Waals surface area contributed by atoms with Gasteiger partial charge in [-0.15, -0.1) is 0 Å². The Morgan fingerprint density at radius 1 is 0.829 bits per heavy atom. The molecule has 1 saturated heterocycles. The van der Waals surface area contributed by atoms with Gasteiger partial charge in [0, 0.05) is 44.9 Å². The molecule has 2 heterocycles. The van der Waals surface area contributed by atoms with Crippen LogP contribution in [0, 0.1) is 15.5 Å². The lowest BCUT2D eigenvalue weighted by molar-refractivity contribution is -0.384. The molecule has 3 aliphatic rings. The van der Waals surface area contributed by atoms with Gasteiger partial charge in [0.05, 0.1) is 11.0 Å². The van der Waals surface area contributed by atoms with Gasteiger partial charge >= 0.3 is 0 Å². The van der Waals surface area contributed by atoms with Gasteiger partial charge in [0.2, 0.25) is 0 Å². The van der Waals surface area contributed by atoms with E-state index in [-0.39, 0.29) is 28.6 Å². The molecule has 1 fully saturated rings. The van der Waals surface area contributed by atoms with E-state index in [4.69, 9.17) is 0 Å². The average molecular weight is 605 g/mol. The molecule has 0 aromatic heterocycles. The number of nitro benzene ring substituents is 1. The van der Waals surface area contributed by atoms with Gasteiger partial charge < -0.3 is 4.90 Å². The topological polar surface area (TPSA) is 97.6 Å².